The fraction of sp³-hybridized carbons (Fsp3) is 0.333. The fourth-order valence-corrected chi connectivity index (χ4v) is 5.44. The molecule has 0 aliphatic heterocycles. The van der Waals surface area contributed by atoms with Gasteiger partial charge in [-0.15, -0.1) is 10.2 Å². The Bertz CT molecular complexity index is 1410. The van der Waals surface area contributed by atoms with E-state index in [2.05, 4.69) is 19.9 Å². The van der Waals surface area contributed by atoms with Crippen molar-refractivity contribution in [2.24, 2.45) is 0 Å². The minimum atomic E-state index is -3.73. The van der Waals surface area contributed by atoms with Crippen LogP contribution in [0.4, 0.5) is 0 Å². The zero-order valence-corrected chi connectivity index (χ0v) is 17.8. The van der Waals surface area contributed by atoms with E-state index >= 15 is 0 Å². The second-order valence-corrected chi connectivity index (χ2v) is 10.4. The van der Waals surface area contributed by atoms with E-state index in [9.17, 15) is 13.2 Å². The molecule has 1 aliphatic carbocycles. The number of hydrogen-bond acceptors (Lipinski definition) is 8. The van der Waals surface area contributed by atoms with Crippen molar-refractivity contribution in [3.63, 3.8) is 0 Å². The minimum Gasteiger partial charge on any atom is -0.447 e. The predicted octanol–water partition coefficient (Wildman–Crippen LogP) is 1.82. The number of imidazole rings is 1. The van der Waals surface area contributed by atoms with Gasteiger partial charge in [-0.1, -0.05) is 11.3 Å². The Morgan fingerprint density at radius 1 is 1.27 bits per heavy atom. The van der Waals surface area contributed by atoms with Crippen LogP contribution in [-0.4, -0.2) is 38.3 Å². The highest BCUT2D eigenvalue weighted by molar-refractivity contribution is 7.89. The van der Waals surface area contributed by atoms with Gasteiger partial charge in [0.1, 0.15) is 17.8 Å². The third kappa shape index (κ3) is 3.26. The van der Waals surface area contributed by atoms with Gasteiger partial charge in [-0.2, -0.15) is 0 Å². The van der Waals surface area contributed by atoms with Gasteiger partial charge in [0.05, 0.1) is 22.1 Å². The van der Waals surface area contributed by atoms with Crippen LogP contribution in [0.25, 0.3) is 16.2 Å². The molecule has 4 aromatic rings. The summed E-state index contributed by atoms with van der Waals surface area (Å²) in [7, 11) is -3.73. The maximum Gasteiger partial charge on any atom is 0.336 e. The van der Waals surface area contributed by atoms with Crippen molar-refractivity contribution in [3.05, 3.63) is 52.0 Å². The van der Waals surface area contributed by atoms with Gasteiger partial charge in [-0.3, -0.25) is 4.57 Å². The molecule has 0 radical (unpaired) electrons. The highest BCUT2D eigenvalue weighted by Crippen LogP contribution is 2.36. The summed E-state index contributed by atoms with van der Waals surface area (Å²) in [5.74, 6) is 0.365. The molecule has 1 aliphatic rings. The maximum atomic E-state index is 13.3. The lowest BCUT2D eigenvalue weighted by Crippen LogP contribution is -2.34. The lowest BCUT2D eigenvalue weighted by atomic mass is 10.3. The summed E-state index contributed by atoms with van der Waals surface area (Å²) in [6.45, 7) is 3.76. The third-order valence-electron chi connectivity index (χ3n) is 5.08. The molecule has 0 spiro atoms. The van der Waals surface area contributed by atoms with E-state index in [1.54, 1.807) is 13.0 Å². The Hall–Kier alpha value is -2.83. The number of nitrogens with zero attached hydrogens (tertiary/aromatic N) is 5. The topological polar surface area (TPSA) is 125 Å². The largest absolute Gasteiger partial charge is 0.447 e. The number of hydrogen-bond donors (Lipinski definition) is 1. The molecule has 0 bridgehead atoms. The van der Waals surface area contributed by atoms with Gasteiger partial charge in [-0.25, -0.2) is 27.5 Å². The average Bonchev–Trinajstić information content (AvgIpc) is 3.08. The standard InChI is InChI=1S/C18H18N6O4S2/c1-11-20-21-16(29-11)24-14-9-12(30(26,27)22-18(2)5-6-18)3-4-13(14)23(17(24)25)10-15-19-7-8-28-15/h3-4,7-9,22H,5-6,10H2,1-2H3. The van der Waals surface area contributed by atoms with Crippen molar-refractivity contribution in [2.75, 3.05) is 0 Å². The van der Waals surface area contributed by atoms with Crippen molar-refractivity contribution in [1.29, 1.82) is 0 Å². The summed E-state index contributed by atoms with van der Waals surface area (Å²) < 4.78 is 36.6. The van der Waals surface area contributed by atoms with Gasteiger partial charge >= 0.3 is 5.69 Å². The SMILES string of the molecule is Cc1nnc(-n2c(=O)n(Cc3ncco3)c3ccc(S(=O)(=O)NC4(C)CC4)cc32)s1. The molecule has 156 valence electrons. The number of oxazole rings is 1. The first-order valence-electron chi connectivity index (χ1n) is 9.24. The number of fused-ring (bicyclic) bond motifs is 1. The molecule has 1 aromatic carbocycles. The van der Waals surface area contributed by atoms with Gasteiger partial charge in [0.2, 0.25) is 21.0 Å². The van der Waals surface area contributed by atoms with Crippen LogP contribution >= 0.6 is 11.3 Å². The molecule has 3 aromatic heterocycles. The molecule has 3 heterocycles. The van der Waals surface area contributed by atoms with Crippen molar-refractivity contribution >= 4 is 32.4 Å². The monoisotopic (exact) mass is 446 g/mol. The molecular formula is C18H18N6O4S2. The average molecular weight is 447 g/mol. The van der Waals surface area contributed by atoms with Crippen LogP contribution in [0.3, 0.4) is 0 Å². The molecule has 12 heteroatoms. The van der Waals surface area contributed by atoms with Crippen LogP contribution in [0.15, 0.2) is 44.8 Å². The highest BCUT2D eigenvalue weighted by atomic mass is 32.2. The number of aromatic nitrogens is 5. The summed E-state index contributed by atoms with van der Waals surface area (Å²) in [6, 6.07) is 4.61. The van der Waals surface area contributed by atoms with Crippen LogP contribution < -0.4 is 10.4 Å². The summed E-state index contributed by atoms with van der Waals surface area (Å²) >= 11 is 1.25. The molecule has 0 atom stereocenters. The molecule has 1 saturated carbocycles. The minimum absolute atomic E-state index is 0.0892. The van der Waals surface area contributed by atoms with E-state index < -0.39 is 15.6 Å². The number of sulfonamides is 1. The Kier molecular flexibility index (Phi) is 4.21. The number of benzene rings is 1. The van der Waals surface area contributed by atoms with Crippen molar-refractivity contribution < 1.29 is 12.8 Å². The van der Waals surface area contributed by atoms with Gasteiger partial charge in [-0.05, 0) is 44.9 Å². The van der Waals surface area contributed by atoms with Gasteiger partial charge in [0.25, 0.3) is 0 Å². The van der Waals surface area contributed by atoms with Gasteiger partial charge in [0, 0.05) is 5.54 Å². The Morgan fingerprint density at radius 3 is 2.70 bits per heavy atom. The van der Waals surface area contributed by atoms with E-state index in [0.29, 0.717) is 27.1 Å². The molecule has 0 saturated heterocycles. The Labute approximate surface area is 175 Å². The summed E-state index contributed by atoms with van der Waals surface area (Å²) in [6.07, 6.45) is 4.54. The van der Waals surface area contributed by atoms with Crippen LogP contribution in [-0.2, 0) is 16.6 Å². The van der Waals surface area contributed by atoms with E-state index in [0.717, 1.165) is 12.8 Å². The van der Waals surface area contributed by atoms with E-state index in [1.807, 2.05) is 6.92 Å². The third-order valence-corrected chi connectivity index (χ3v) is 7.54. The lowest BCUT2D eigenvalue weighted by Gasteiger charge is -2.12. The van der Waals surface area contributed by atoms with Crippen LogP contribution in [0.1, 0.15) is 30.7 Å². The number of rotatable bonds is 6. The maximum absolute atomic E-state index is 13.3. The lowest BCUT2D eigenvalue weighted by molar-refractivity contribution is 0.477. The normalized spacial score (nSPS) is 15.7. The Morgan fingerprint density at radius 2 is 2.07 bits per heavy atom. The van der Waals surface area contributed by atoms with Crippen LogP contribution in [0.5, 0.6) is 0 Å². The van der Waals surface area contributed by atoms with E-state index in [4.69, 9.17) is 4.42 Å². The second kappa shape index (κ2) is 6.59. The molecule has 0 unspecified atom stereocenters. The molecule has 10 nitrogen and oxygen atoms in total. The zero-order valence-electron chi connectivity index (χ0n) is 16.2. The summed E-state index contributed by atoms with van der Waals surface area (Å²) in [5.41, 5.74) is 0.186. The van der Waals surface area contributed by atoms with Crippen LogP contribution in [0.2, 0.25) is 0 Å². The quantitative estimate of drug-likeness (QED) is 0.479. The molecule has 5 rings (SSSR count). The highest BCUT2D eigenvalue weighted by Gasteiger charge is 2.41. The van der Waals surface area contributed by atoms with Crippen molar-refractivity contribution in [3.8, 4) is 5.13 Å². The zero-order chi connectivity index (χ0) is 21.1. The van der Waals surface area contributed by atoms with Gasteiger partial charge < -0.3 is 4.42 Å². The first-order valence-corrected chi connectivity index (χ1v) is 11.5. The van der Waals surface area contributed by atoms with Crippen molar-refractivity contribution in [2.45, 2.75) is 43.7 Å². The van der Waals surface area contributed by atoms with Crippen LogP contribution in [0, 0.1) is 6.92 Å². The molecule has 1 fully saturated rings. The Balaban J connectivity index is 1.71. The molecule has 1 N–H and O–H groups in total. The van der Waals surface area contributed by atoms with E-state index in [1.165, 1.54) is 45.1 Å². The molecule has 30 heavy (non-hydrogen) atoms. The molecular weight excluding hydrogens is 428 g/mol. The first kappa shape index (κ1) is 19.2. The number of nitrogens with one attached hydrogen (secondary N) is 1. The van der Waals surface area contributed by atoms with Crippen molar-refractivity contribution in [1.82, 2.24) is 29.0 Å². The van der Waals surface area contributed by atoms with E-state index in [-0.39, 0.29) is 17.1 Å². The first-order chi connectivity index (χ1) is 14.3. The number of aryl methyl sites for hydroxylation is 1. The van der Waals surface area contributed by atoms with Gasteiger partial charge in [0.15, 0.2) is 0 Å². The summed E-state index contributed by atoms with van der Waals surface area (Å²) in [4.78, 5) is 17.4. The second-order valence-electron chi connectivity index (χ2n) is 7.55. The summed E-state index contributed by atoms with van der Waals surface area (Å²) in [5, 5.41) is 9.13. The molecule has 0 amide bonds. The fourth-order valence-electron chi connectivity index (χ4n) is 3.26. The predicted molar refractivity (Wildman–Crippen MR) is 109 cm³/mol. The smallest absolute Gasteiger partial charge is 0.336 e.